The van der Waals surface area contributed by atoms with Gasteiger partial charge in [0.1, 0.15) is 5.75 Å². The zero-order chi connectivity index (χ0) is 13.7. The van der Waals surface area contributed by atoms with Gasteiger partial charge in [0, 0.05) is 12.6 Å². The van der Waals surface area contributed by atoms with Gasteiger partial charge in [0.2, 0.25) is 0 Å². The summed E-state index contributed by atoms with van der Waals surface area (Å²) in [4.78, 5) is 0. The number of aryl methyl sites for hydroxylation is 1. The number of benzene rings is 1. The largest absolute Gasteiger partial charge is 0.496 e. The van der Waals surface area contributed by atoms with Gasteiger partial charge in [-0.05, 0) is 44.2 Å². The monoisotopic (exact) mass is 264 g/mol. The first kappa shape index (κ1) is 14.3. The van der Waals surface area contributed by atoms with E-state index in [0.717, 1.165) is 38.0 Å². The zero-order valence-corrected chi connectivity index (χ0v) is 11.8. The van der Waals surface area contributed by atoms with E-state index in [0.29, 0.717) is 6.10 Å². The maximum atomic E-state index is 5.68. The van der Waals surface area contributed by atoms with Crippen molar-refractivity contribution in [1.82, 2.24) is 5.43 Å². The molecule has 0 saturated carbocycles. The predicted molar refractivity (Wildman–Crippen MR) is 76.1 cm³/mol. The highest BCUT2D eigenvalue weighted by atomic mass is 16.5. The van der Waals surface area contributed by atoms with Crippen LogP contribution in [0.4, 0.5) is 0 Å². The molecule has 4 nitrogen and oxygen atoms in total. The Bertz CT molecular complexity index is 403. The Kier molecular flexibility index (Phi) is 5.19. The molecule has 2 atom stereocenters. The highest BCUT2D eigenvalue weighted by Crippen LogP contribution is 2.24. The van der Waals surface area contributed by atoms with Crippen molar-refractivity contribution in [3.63, 3.8) is 0 Å². The fraction of sp³-hybridized carbons (Fsp3) is 0.600. The van der Waals surface area contributed by atoms with Crippen LogP contribution in [0.5, 0.6) is 5.75 Å². The number of nitrogens with one attached hydrogen (secondary N) is 1. The molecule has 1 aliphatic heterocycles. The van der Waals surface area contributed by atoms with Gasteiger partial charge in [-0.15, -0.1) is 0 Å². The van der Waals surface area contributed by atoms with Gasteiger partial charge in [-0.25, -0.2) is 0 Å². The van der Waals surface area contributed by atoms with Gasteiger partial charge < -0.3 is 9.47 Å². The van der Waals surface area contributed by atoms with E-state index in [1.165, 1.54) is 11.1 Å². The summed E-state index contributed by atoms with van der Waals surface area (Å²) in [6, 6.07) is 6.47. The Balaban J connectivity index is 2.02. The SMILES string of the molecule is COc1ccc(C)cc1CC(CC1CCCO1)NN. The number of hydrogen-bond acceptors (Lipinski definition) is 4. The summed E-state index contributed by atoms with van der Waals surface area (Å²) in [6.45, 7) is 2.98. The molecule has 0 radical (unpaired) electrons. The number of methoxy groups -OCH3 is 1. The summed E-state index contributed by atoms with van der Waals surface area (Å²) in [5.41, 5.74) is 5.35. The van der Waals surface area contributed by atoms with Crippen LogP contribution in [0.3, 0.4) is 0 Å². The quantitative estimate of drug-likeness (QED) is 0.609. The predicted octanol–water partition coefficient (Wildman–Crippen LogP) is 1.95. The number of nitrogens with two attached hydrogens (primary N) is 1. The van der Waals surface area contributed by atoms with Crippen molar-refractivity contribution in [2.45, 2.75) is 44.8 Å². The van der Waals surface area contributed by atoms with Crippen LogP contribution in [0, 0.1) is 6.92 Å². The van der Waals surface area contributed by atoms with Crippen LogP contribution in [0.2, 0.25) is 0 Å². The minimum atomic E-state index is 0.221. The minimum absolute atomic E-state index is 0.221. The lowest BCUT2D eigenvalue weighted by Crippen LogP contribution is -2.39. The second-order valence-electron chi connectivity index (χ2n) is 5.25. The summed E-state index contributed by atoms with van der Waals surface area (Å²) < 4.78 is 11.1. The van der Waals surface area contributed by atoms with E-state index in [1.54, 1.807) is 7.11 Å². The summed E-state index contributed by atoms with van der Waals surface area (Å²) in [5.74, 6) is 6.61. The van der Waals surface area contributed by atoms with E-state index < -0.39 is 0 Å². The molecule has 1 heterocycles. The molecule has 2 unspecified atom stereocenters. The molecule has 0 amide bonds. The third kappa shape index (κ3) is 3.93. The number of ether oxygens (including phenoxy) is 2. The van der Waals surface area contributed by atoms with Crippen molar-refractivity contribution in [3.8, 4) is 5.75 Å². The summed E-state index contributed by atoms with van der Waals surface area (Å²) in [5, 5.41) is 0. The third-order valence-electron chi connectivity index (χ3n) is 3.71. The zero-order valence-electron chi connectivity index (χ0n) is 11.8. The molecule has 106 valence electrons. The van der Waals surface area contributed by atoms with Crippen LogP contribution in [0.25, 0.3) is 0 Å². The Morgan fingerprint density at radius 3 is 3.00 bits per heavy atom. The molecule has 0 spiro atoms. The Labute approximate surface area is 115 Å². The fourth-order valence-electron chi connectivity index (χ4n) is 2.69. The molecule has 1 aromatic rings. The van der Waals surface area contributed by atoms with Crippen LogP contribution in [0.1, 0.15) is 30.4 Å². The number of hydrazine groups is 1. The fourth-order valence-corrected chi connectivity index (χ4v) is 2.69. The van der Waals surface area contributed by atoms with E-state index in [-0.39, 0.29) is 6.04 Å². The van der Waals surface area contributed by atoms with E-state index in [2.05, 4.69) is 24.5 Å². The van der Waals surface area contributed by atoms with Gasteiger partial charge in [-0.2, -0.15) is 0 Å². The smallest absolute Gasteiger partial charge is 0.122 e. The normalized spacial score (nSPS) is 20.5. The Morgan fingerprint density at radius 1 is 1.53 bits per heavy atom. The molecule has 0 aliphatic carbocycles. The topological polar surface area (TPSA) is 56.5 Å². The van der Waals surface area contributed by atoms with Gasteiger partial charge in [-0.1, -0.05) is 17.7 Å². The second kappa shape index (κ2) is 6.89. The molecular weight excluding hydrogens is 240 g/mol. The van der Waals surface area contributed by atoms with E-state index in [4.69, 9.17) is 15.3 Å². The number of rotatable bonds is 6. The second-order valence-corrected chi connectivity index (χ2v) is 5.25. The van der Waals surface area contributed by atoms with Crippen LogP contribution in [-0.4, -0.2) is 25.9 Å². The lowest BCUT2D eigenvalue weighted by Gasteiger charge is -2.21. The highest BCUT2D eigenvalue weighted by Gasteiger charge is 2.21. The van der Waals surface area contributed by atoms with E-state index in [1.807, 2.05) is 6.07 Å². The summed E-state index contributed by atoms with van der Waals surface area (Å²) >= 11 is 0. The summed E-state index contributed by atoms with van der Waals surface area (Å²) in [6.07, 6.45) is 4.46. The van der Waals surface area contributed by atoms with Crippen LogP contribution >= 0.6 is 0 Å². The molecule has 1 saturated heterocycles. The van der Waals surface area contributed by atoms with Crippen LogP contribution < -0.4 is 16.0 Å². The first-order chi connectivity index (χ1) is 9.22. The maximum Gasteiger partial charge on any atom is 0.122 e. The molecule has 0 aromatic heterocycles. The van der Waals surface area contributed by atoms with Gasteiger partial charge >= 0.3 is 0 Å². The summed E-state index contributed by atoms with van der Waals surface area (Å²) in [7, 11) is 1.71. The highest BCUT2D eigenvalue weighted by molar-refractivity contribution is 5.37. The first-order valence-corrected chi connectivity index (χ1v) is 6.94. The van der Waals surface area contributed by atoms with Crippen molar-refractivity contribution < 1.29 is 9.47 Å². The van der Waals surface area contributed by atoms with Crippen LogP contribution in [0.15, 0.2) is 18.2 Å². The molecule has 19 heavy (non-hydrogen) atoms. The van der Waals surface area contributed by atoms with Gasteiger partial charge in [0.15, 0.2) is 0 Å². The Hall–Kier alpha value is -1.10. The van der Waals surface area contributed by atoms with Crippen molar-refractivity contribution in [3.05, 3.63) is 29.3 Å². The van der Waals surface area contributed by atoms with E-state index in [9.17, 15) is 0 Å². The average molecular weight is 264 g/mol. The molecule has 2 rings (SSSR count). The molecular formula is C15H24N2O2. The van der Waals surface area contributed by atoms with Gasteiger partial charge in [0.25, 0.3) is 0 Å². The standard InChI is InChI=1S/C15H24N2O2/c1-11-5-6-15(18-2)12(8-11)9-13(17-16)10-14-4-3-7-19-14/h5-6,8,13-14,17H,3-4,7,9-10,16H2,1-2H3. The van der Waals surface area contributed by atoms with Crippen LogP contribution in [-0.2, 0) is 11.2 Å². The average Bonchev–Trinajstić information content (AvgIpc) is 2.91. The molecule has 1 aliphatic rings. The lowest BCUT2D eigenvalue weighted by atomic mass is 9.98. The molecule has 1 fully saturated rings. The van der Waals surface area contributed by atoms with E-state index >= 15 is 0 Å². The lowest BCUT2D eigenvalue weighted by molar-refractivity contribution is 0.0945. The maximum absolute atomic E-state index is 5.68. The molecule has 1 aromatic carbocycles. The third-order valence-corrected chi connectivity index (χ3v) is 3.71. The van der Waals surface area contributed by atoms with Crippen molar-refractivity contribution >= 4 is 0 Å². The van der Waals surface area contributed by atoms with Crippen molar-refractivity contribution in [2.75, 3.05) is 13.7 Å². The van der Waals surface area contributed by atoms with Gasteiger partial charge in [-0.3, -0.25) is 11.3 Å². The van der Waals surface area contributed by atoms with Crippen molar-refractivity contribution in [2.24, 2.45) is 5.84 Å². The van der Waals surface area contributed by atoms with Gasteiger partial charge in [0.05, 0.1) is 13.2 Å². The molecule has 4 heteroatoms. The minimum Gasteiger partial charge on any atom is -0.496 e. The van der Waals surface area contributed by atoms with Crippen molar-refractivity contribution in [1.29, 1.82) is 0 Å². The Morgan fingerprint density at radius 2 is 2.37 bits per heavy atom. The molecule has 3 N–H and O–H groups in total. The number of hydrogen-bond donors (Lipinski definition) is 2. The molecule has 0 bridgehead atoms. The first-order valence-electron chi connectivity index (χ1n) is 6.94.